The van der Waals surface area contributed by atoms with Crippen LogP contribution in [0, 0.1) is 5.82 Å². The minimum atomic E-state index is -0.267. The average Bonchev–Trinajstić information content (AvgIpc) is 2.62. The molecular weight excluding hydrogens is 341 g/mol. The highest BCUT2D eigenvalue weighted by atomic mass is 35.5. The summed E-state index contributed by atoms with van der Waals surface area (Å²) >= 11 is 6.15. The summed E-state index contributed by atoms with van der Waals surface area (Å²) in [6.07, 6.45) is 1.43. The van der Waals surface area contributed by atoms with E-state index in [0.717, 1.165) is 11.1 Å². The predicted molar refractivity (Wildman–Crippen MR) is 98.9 cm³/mol. The first-order valence-corrected chi connectivity index (χ1v) is 8.07. The van der Waals surface area contributed by atoms with Crippen LogP contribution in [0.4, 0.5) is 21.7 Å². The Morgan fingerprint density at radius 3 is 2.24 bits per heavy atom. The van der Waals surface area contributed by atoms with Crippen molar-refractivity contribution >= 4 is 28.9 Å². The van der Waals surface area contributed by atoms with Crippen LogP contribution in [0.1, 0.15) is 11.1 Å². The van der Waals surface area contributed by atoms with Gasteiger partial charge in [-0.05, 0) is 29.3 Å². The van der Waals surface area contributed by atoms with Crippen LogP contribution in [0.15, 0.2) is 54.9 Å². The van der Waals surface area contributed by atoms with E-state index in [1.165, 1.54) is 18.5 Å². The van der Waals surface area contributed by atoms with Crippen LogP contribution >= 0.6 is 11.6 Å². The molecule has 0 spiro atoms. The Bertz CT molecular complexity index is 854. The van der Waals surface area contributed by atoms with Gasteiger partial charge in [-0.2, -0.15) is 0 Å². The quantitative estimate of drug-likeness (QED) is 0.620. The van der Waals surface area contributed by atoms with E-state index in [1.54, 1.807) is 12.1 Å². The summed E-state index contributed by atoms with van der Waals surface area (Å²) < 4.78 is 12.9. The molecular formula is C18H17ClFN5. The Hall–Kier alpha value is -2.86. The van der Waals surface area contributed by atoms with Gasteiger partial charge in [0.1, 0.15) is 17.8 Å². The summed E-state index contributed by atoms with van der Waals surface area (Å²) in [7, 11) is 0. The number of anilines is 3. The number of aromatic nitrogens is 2. The molecule has 1 aromatic heterocycles. The molecule has 0 saturated heterocycles. The molecule has 0 fully saturated rings. The molecule has 0 aliphatic carbocycles. The lowest BCUT2D eigenvalue weighted by molar-refractivity contribution is 0.627. The second kappa shape index (κ2) is 7.81. The van der Waals surface area contributed by atoms with Crippen molar-refractivity contribution in [1.29, 1.82) is 0 Å². The first-order chi connectivity index (χ1) is 12.1. The summed E-state index contributed by atoms with van der Waals surface area (Å²) in [5.74, 6) is 0.772. The molecule has 0 saturated carbocycles. The van der Waals surface area contributed by atoms with Crippen molar-refractivity contribution in [3.8, 4) is 0 Å². The normalized spacial score (nSPS) is 10.5. The molecule has 3 aromatic rings. The number of nitrogens with zero attached hydrogens (tertiary/aromatic N) is 2. The maximum atomic E-state index is 12.9. The van der Waals surface area contributed by atoms with E-state index in [-0.39, 0.29) is 5.82 Å². The SMILES string of the molecule is Nc1c(NCc2ccc(F)cc2)ncnc1NCc1ccccc1Cl. The second-order valence-corrected chi connectivity index (χ2v) is 5.82. The number of benzene rings is 2. The number of nitrogens with one attached hydrogen (secondary N) is 2. The topological polar surface area (TPSA) is 75.9 Å². The standard InChI is InChI=1S/C18H17ClFN5/c19-15-4-2-1-3-13(15)10-23-18-16(21)17(24-11-25-18)22-9-12-5-7-14(20)8-6-12/h1-8,11H,9-10,21H2,(H2,22,23,24,25). The molecule has 4 N–H and O–H groups in total. The van der Waals surface area contributed by atoms with E-state index in [1.807, 2.05) is 24.3 Å². The maximum absolute atomic E-state index is 12.9. The van der Waals surface area contributed by atoms with E-state index in [9.17, 15) is 4.39 Å². The van der Waals surface area contributed by atoms with Gasteiger partial charge in [0.25, 0.3) is 0 Å². The highest BCUT2D eigenvalue weighted by Gasteiger charge is 2.08. The Morgan fingerprint density at radius 2 is 1.56 bits per heavy atom. The van der Waals surface area contributed by atoms with Gasteiger partial charge < -0.3 is 16.4 Å². The maximum Gasteiger partial charge on any atom is 0.155 e. The van der Waals surface area contributed by atoms with Gasteiger partial charge >= 0.3 is 0 Å². The van der Waals surface area contributed by atoms with Crippen LogP contribution in [0.2, 0.25) is 5.02 Å². The highest BCUT2D eigenvalue weighted by molar-refractivity contribution is 6.31. The van der Waals surface area contributed by atoms with Gasteiger partial charge in [-0.15, -0.1) is 0 Å². The predicted octanol–water partition coefficient (Wildman–Crippen LogP) is 4.08. The molecule has 0 aliphatic rings. The molecule has 0 radical (unpaired) electrons. The van der Waals surface area contributed by atoms with E-state index < -0.39 is 0 Å². The molecule has 128 valence electrons. The number of nitrogens with two attached hydrogens (primary N) is 1. The molecule has 0 unspecified atom stereocenters. The van der Waals surface area contributed by atoms with Crippen LogP contribution in [0.25, 0.3) is 0 Å². The number of rotatable bonds is 6. The largest absolute Gasteiger partial charge is 0.393 e. The Labute approximate surface area is 150 Å². The Kier molecular flexibility index (Phi) is 5.30. The fourth-order valence-electron chi connectivity index (χ4n) is 2.29. The van der Waals surface area contributed by atoms with Crippen molar-refractivity contribution in [2.75, 3.05) is 16.4 Å². The zero-order valence-corrected chi connectivity index (χ0v) is 14.1. The summed E-state index contributed by atoms with van der Waals surface area (Å²) in [4.78, 5) is 8.33. The third-order valence-corrected chi connectivity index (χ3v) is 4.03. The van der Waals surface area contributed by atoms with Crippen molar-refractivity contribution in [3.05, 3.63) is 76.8 Å². The van der Waals surface area contributed by atoms with Crippen molar-refractivity contribution in [2.45, 2.75) is 13.1 Å². The monoisotopic (exact) mass is 357 g/mol. The molecule has 0 amide bonds. The fraction of sp³-hybridized carbons (Fsp3) is 0.111. The van der Waals surface area contributed by atoms with Gasteiger partial charge in [0.15, 0.2) is 11.6 Å². The molecule has 3 rings (SSSR count). The molecule has 1 heterocycles. The van der Waals surface area contributed by atoms with E-state index >= 15 is 0 Å². The molecule has 0 bridgehead atoms. The van der Waals surface area contributed by atoms with Crippen LogP contribution in [0.3, 0.4) is 0 Å². The molecule has 0 atom stereocenters. The summed E-state index contributed by atoms with van der Waals surface area (Å²) in [5, 5.41) is 6.98. The summed E-state index contributed by atoms with van der Waals surface area (Å²) in [6, 6.07) is 13.8. The second-order valence-electron chi connectivity index (χ2n) is 5.41. The smallest absolute Gasteiger partial charge is 0.155 e. The van der Waals surface area contributed by atoms with Gasteiger partial charge in [0.05, 0.1) is 0 Å². The van der Waals surface area contributed by atoms with Crippen molar-refractivity contribution < 1.29 is 4.39 Å². The molecule has 7 heteroatoms. The zero-order chi connectivity index (χ0) is 17.6. The lowest BCUT2D eigenvalue weighted by atomic mass is 10.2. The number of halogens is 2. The number of hydrogen-bond donors (Lipinski definition) is 3. The van der Waals surface area contributed by atoms with Gasteiger partial charge in [0.2, 0.25) is 0 Å². The summed E-state index contributed by atoms with van der Waals surface area (Å²) in [5.41, 5.74) is 8.41. The summed E-state index contributed by atoms with van der Waals surface area (Å²) in [6.45, 7) is 0.976. The highest BCUT2D eigenvalue weighted by Crippen LogP contribution is 2.24. The molecule has 2 aromatic carbocycles. The number of hydrogen-bond acceptors (Lipinski definition) is 5. The molecule has 0 aliphatic heterocycles. The molecule has 25 heavy (non-hydrogen) atoms. The lowest BCUT2D eigenvalue weighted by Crippen LogP contribution is -2.10. The van der Waals surface area contributed by atoms with Crippen LogP contribution in [-0.4, -0.2) is 9.97 Å². The third-order valence-electron chi connectivity index (χ3n) is 3.66. The van der Waals surface area contributed by atoms with E-state index in [2.05, 4.69) is 20.6 Å². The van der Waals surface area contributed by atoms with E-state index in [0.29, 0.717) is 35.4 Å². The third kappa shape index (κ3) is 4.36. The van der Waals surface area contributed by atoms with Crippen molar-refractivity contribution in [1.82, 2.24) is 9.97 Å². The first-order valence-electron chi connectivity index (χ1n) is 7.69. The Morgan fingerprint density at radius 1 is 0.920 bits per heavy atom. The van der Waals surface area contributed by atoms with E-state index in [4.69, 9.17) is 17.3 Å². The molecule has 5 nitrogen and oxygen atoms in total. The van der Waals surface area contributed by atoms with Crippen LogP contribution in [-0.2, 0) is 13.1 Å². The minimum Gasteiger partial charge on any atom is -0.393 e. The average molecular weight is 358 g/mol. The van der Waals surface area contributed by atoms with Crippen LogP contribution < -0.4 is 16.4 Å². The Balaban J connectivity index is 1.67. The number of nitrogen functional groups attached to an aromatic ring is 1. The minimum absolute atomic E-state index is 0.267. The van der Waals surface area contributed by atoms with Gasteiger partial charge in [0, 0.05) is 18.1 Å². The van der Waals surface area contributed by atoms with Gasteiger partial charge in [-0.1, -0.05) is 41.9 Å². The van der Waals surface area contributed by atoms with Crippen LogP contribution in [0.5, 0.6) is 0 Å². The van der Waals surface area contributed by atoms with Gasteiger partial charge in [-0.25, -0.2) is 14.4 Å². The van der Waals surface area contributed by atoms with Gasteiger partial charge in [-0.3, -0.25) is 0 Å². The lowest BCUT2D eigenvalue weighted by Gasteiger charge is -2.13. The van der Waals surface area contributed by atoms with Crippen molar-refractivity contribution in [3.63, 3.8) is 0 Å². The zero-order valence-electron chi connectivity index (χ0n) is 13.3. The van der Waals surface area contributed by atoms with Crippen molar-refractivity contribution in [2.24, 2.45) is 0 Å². The first kappa shape index (κ1) is 17.0. The fourth-order valence-corrected chi connectivity index (χ4v) is 2.49.